The summed E-state index contributed by atoms with van der Waals surface area (Å²) in [7, 11) is -3.65. The van der Waals surface area contributed by atoms with Gasteiger partial charge >= 0.3 is 0 Å². The minimum Gasteiger partial charge on any atom is -0.490 e. The molecule has 2 aromatic carbocycles. The van der Waals surface area contributed by atoms with Gasteiger partial charge in [0, 0.05) is 0 Å². The first-order valence-electron chi connectivity index (χ1n) is 8.91. The average molecular weight is 416 g/mol. The molecule has 0 unspecified atom stereocenters. The van der Waals surface area contributed by atoms with Crippen LogP contribution in [0.25, 0.3) is 0 Å². The van der Waals surface area contributed by atoms with E-state index in [0.29, 0.717) is 18.0 Å². The molecule has 7 nitrogen and oxygen atoms in total. The van der Waals surface area contributed by atoms with Gasteiger partial charge in [0.25, 0.3) is 5.91 Å². The molecule has 154 valence electrons. The van der Waals surface area contributed by atoms with Crippen molar-refractivity contribution in [2.24, 2.45) is 5.10 Å². The van der Waals surface area contributed by atoms with Crippen LogP contribution in [0.4, 0.5) is 5.69 Å². The van der Waals surface area contributed by atoms with Crippen LogP contribution in [0.1, 0.15) is 16.7 Å². The summed E-state index contributed by atoms with van der Waals surface area (Å²) in [5.41, 5.74) is 5.22. The molecule has 29 heavy (non-hydrogen) atoms. The van der Waals surface area contributed by atoms with Crippen molar-refractivity contribution in [1.29, 1.82) is 0 Å². The van der Waals surface area contributed by atoms with Gasteiger partial charge in [0.05, 0.1) is 18.2 Å². The van der Waals surface area contributed by atoms with Crippen LogP contribution in [0.3, 0.4) is 0 Å². The topological polar surface area (TPSA) is 88.1 Å². The number of anilines is 1. The van der Waals surface area contributed by atoms with Crippen LogP contribution in [-0.2, 0) is 14.8 Å². The molecular weight excluding hydrogens is 390 g/mol. The molecule has 0 aliphatic rings. The highest BCUT2D eigenvalue weighted by atomic mass is 32.2. The molecule has 2 aromatic rings. The molecule has 0 spiro atoms. The molecule has 0 aliphatic heterocycles. The maximum Gasteiger partial charge on any atom is 0.260 e. The average Bonchev–Trinajstić information content (AvgIpc) is 2.66. The largest absolute Gasteiger partial charge is 0.490 e. The van der Waals surface area contributed by atoms with Gasteiger partial charge in [0.2, 0.25) is 10.0 Å². The van der Waals surface area contributed by atoms with Crippen LogP contribution < -0.4 is 14.5 Å². The smallest absolute Gasteiger partial charge is 0.260 e. The van der Waals surface area contributed by atoms with Crippen molar-refractivity contribution < 1.29 is 17.9 Å². The Morgan fingerprint density at radius 3 is 2.69 bits per heavy atom. The van der Waals surface area contributed by atoms with Crippen LogP contribution in [0.5, 0.6) is 5.75 Å². The number of benzene rings is 2. The monoisotopic (exact) mass is 415 g/mol. The van der Waals surface area contributed by atoms with E-state index in [-0.39, 0.29) is 6.54 Å². The van der Waals surface area contributed by atoms with Crippen LogP contribution in [0.2, 0.25) is 0 Å². The lowest BCUT2D eigenvalue weighted by atomic mass is 10.1. The molecule has 8 heteroatoms. The van der Waals surface area contributed by atoms with E-state index >= 15 is 0 Å². The highest BCUT2D eigenvalue weighted by molar-refractivity contribution is 7.92. The Kier molecular flexibility index (Phi) is 7.55. The molecular formula is C21H25N3O4S. The minimum absolute atomic E-state index is 0.372. The Bertz CT molecular complexity index is 1020. The van der Waals surface area contributed by atoms with E-state index < -0.39 is 15.9 Å². The second kappa shape index (κ2) is 9.88. The zero-order valence-electron chi connectivity index (χ0n) is 16.8. The van der Waals surface area contributed by atoms with Gasteiger partial charge in [-0.15, -0.1) is 0 Å². The van der Waals surface area contributed by atoms with Gasteiger partial charge < -0.3 is 4.74 Å². The number of hydrogen-bond acceptors (Lipinski definition) is 5. The Balaban J connectivity index is 2.08. The highest BCUT2D eigenvalue weighted by Gasteiger charge is 2.22. The number of hydrazone groups is 1. The van der Waals surface area contributed by atoms with Crippen molar-refractivity contribution in [2.45, 2.75) is 13.8 Å². The highest BCUT2D eigenvalue weighted by Crippen LogP contribution is 2.23. The standard InChI is InChI=1S/C21H25N3O4S/c1-5-11-28-19-8-6-7-18(13-19)14-22-23-21(25)15-24(29(4,26)27)20-12-16(2)9-10-17(20)3/h5-10,12-14H,1,11,15H2,2-4H3,(H,23,25)/b22-14-. The molecule has 0 aromatic heterocycles. The Morgan fingerprint density at radius 2 is 2.00 bits per heavy atom. The van der Waals surface area contributed by atoms with Crippen molar-refractivity contribution >= 4 is 27.8 Å². The van der Waals surface area contributed by atoms with Crippen LogP contribution in [0.15, 0.2) is 60.2 Å². The number of hydrogen-bond donors (Lipinski definition) is 1. The molecule has 0 saturated carbocycles. The van der Waals surface area contributed by atoms with Crippen LogP contribution in [-0.4, -0.2) is 39.9 Å². The van der Waals surface area contributed by atoms with Gasteiger partial charge in [-0.2, -0.15) is 5.10 Å². The third-order valence-corrected chi connectivity index (χ3v) is 5.08. The van der Waals surface area contributed by atoms with E-state index in [0.717, 1.165) is 27.3 Å². The third kappa shape index (κ3) is 6.76. The van der Waals surface area contributed by atoms with E-state index in [1.165, 1.54) is 6.21 Å². The molecule has 2 rings (SSSR count). The number of sulfonamides is 1. The summed E-state index contributed by atoms with van der Waals surface area (Å²) in [5, 5.41) is 3.91. The van der Waals surface area contributed by atoms with Gasteiger partial charge in [-0.05, 0) is 48.7 Å². The van der Waals surface area contributed by atoms with Gasteiger partial charge in [-0.3, -0.25) is 9.10 Å². The number of aryl methyl sites for hydroxylation is 2. The molecule has 0 radical (unpaired) electrons. The summed E-state index contributed by atoms with van der Waals surface area (Å²) in [6.07, 6.45) is 4.17. The number of nitrogens with one attached hydrogen (secondary N) is 1. The first-order chi connectivity index (χ1) is 13.7. The van der Waals surface area contributed by atoms with E-state index in [1.54, 1.807) is 43.3 Å². The van der Waals surface area contributed by atoms with Gasteiger partial charge in [0.15, 0.2) is 0 Å². The van der Waals surface area contributed by atoms with Crippen LogP contribution in [0, 0.1) is 13.8 Å². The number of amides is 1. The van der Waals surface area contributed by atoms with E-state index in [9.17, 15) is 13.2 Å². The van der Waals surface area contributed by atoms with Gasteiger partial charge in [0.1, 0.15) is 18.9 Å². The second-order valence-electron chi connectivity index (χ2n) is 6.52. The maximum absolute atomic E-state index is 12.3. The zero-order chi connectivity index (χ0) is 21.4. The van der Waals surface area contributed by atoms with Crippen molar-refractivity contribution in [3.05, 3.63) is 71.8 Å². The first kappa shape index (κ1) is 22.2. The number of carbonyl (C=O) groups excluding carboxylic acids is 1. The predicted octanol–water partition coefficient (Wildman–Crippen LogP) is 2.78. The number of rotatable bonds is 9. The molecule has 1 amide bonds. The second-order valence-corrected chi connectivity index (χ2v) is 8.43. The van der Waals surface area contributed by atoms with Crippen molar-refractivity contribution in [3.8, 4) is 5.75 Å². The maximum atomic E-state index is 12.3. The molecule has 0 atom stereocenters. The van der Waals surface area contributed by atoms with E-state index in [1.807, 2.05) is 19.1 Å². The summed E-state index contributed by atoms with van der Waals surface area (Å²) in [4.78, 5) is 12.3. The summed E-state index contributed by atoms with van der Waals surface area (Å²) in [5.74, 6) is 0.102. The molecule has 0 saturated heterocycles. The quantitative estimate of drug-likeness (QED) is 0.388. The van der Waals surface area contributed by atoms with Crippen molar-refractivity contribution in [3.63, 3.8) is 0 Å². The predicted molar refractivity (Wildman–Crippen MR) is 116 cm³/mol. The molecule has 0 fully saturated rings. The molecule has 1 N–H and O–H groups in total. The molecule has 0 bridgehead atoms. The van der Waals surface area contributed by atoms with Crippen molar-refractivity contribution in [2.75, 3.05) is 23.7 Å². The SMILES string of the molecule is C=CCOc1cccc(/C=N\NC(=O)CN(c2cc(C)ccc2C)S(C)(=O)=O)c1. The van der Waals surface area contributed by atoms with Crippen molar-refractivity contribution in [1.82, 2.24) is 5.43 Å². The summed E-state index contributed by atoms with van der Waals surface area (Å²) >= 11 is 0. The zero-order valence-corrected chi connectivity index (χ0v) is 17.6. The summed E-state index contributed by atoms with van der Waals surface area (Å²) < 4.78 is 31.0. The Labute approximate surface area is 171 Å². The third-order valence-electron chi connectivity index (χ3n) is 3.95. The fraction of sp³-hybridized carbons (Fsp3) is 0.238. The number of carbonyl (C=O) groups is 1. The van der Waals surface area contributed by atoms with Crippen LogP contribution >= 0.6 is 0 Å². The summed E-state index contributed by atoms with van der Waals surface area (Å²) in [6, 6.07) is 12.6. The first-order valence-corrected chi connectivity index (χ1v) is 10.8. The number of ether oxygens (including phenoxy) is 1. The summed E-state index contributed by atoms with van der Waals surface area (Å²) in [6.45, 7) is 7.27. The van der Waals surface area contributed by atoms with E-state index in [4.69, 9.17) is 4.74 Å². The van der Waals surface area contributed by atoms with Gasteiger partial charge in [-0.1, -0.05) is 36.9 Å². The lowest BCUT2D eigenvalue weighted by molar-refractivity contribution is -0.119. The normalized spacial score (nSPS) is 11.3. The van der Waals surface area contributed by atoms with E-state index in [2.05, 4.69) is 17.1 Å². The minimum atomic E-state index is -3.65. The lowest BCUT2D eigenvalue weighted by Gasteiger charge is -2.23. The molecule has 0 aliphatic carbocycles. The fourth-order valence-corrected chi connectivity index (χ4v) is 3.46. The molecule has 0 heterocycles. The Morgan fingerprint density at radius 1 is 1.24 bits per heavy atom. The Hall–Kier alpha value is -3.13. The lowest BCUT2D eigenvalue weighted by Crippen LogP contribution is -2.39. The fourth-order valence-electron chi connectivity index (χ4n) is 2.55. The van der Waals surface area contributed by atoms with Gasteiger partial charge in [-0.25, -0.2) is 13.8 Å². The number of nitrogens with zero attached hydrogens (tertiary/aromatic N) is 2.